The minimum absolute atomic E-state index is 0.0336. The lowest BCUT2D eigenvalue weighted by atomic mass is 10.0. The number of azo groups is 1. The molecule has 64 heavy (non-hydrogen) atoms. The topological polar surface area (TPSA) is 98.9 Å². The standard InChI is InChI=1S/C53H60ClF2N3O5/c1-3-5-7-9-11-12-13-14-15-17-19-39-20-26-42(27-21-39)58-59-48-34-35-49(51(56)50(48)55)64-53(61)46-37-43(28-33-47(46)54)57-38-40-22-29-45(30-23-40)63-52(60)41-24-31-44(32-25-41)62-36-18-16-10-8-6-4-2/h20-35,37-38H,3-19,36H2,1-2H3. The van der Waals surface area contributed by atoms with E-state index >= 15 is 8.78 Å². The Labute approximate surface area is 382 Å². The molecule has 338 valence electrons. The van der Waals surface area contributed by atoms with Gasteiger partial charge in [0.15, 0.2) is 11.6 Å². The van der Waals surface area contributed by atoms with Crippen molar-refractivity contribution in [3.05, 3.63) is 142 Å². The van der Waals surface area contributed by atoms with Gasteiger partial charge in [0.05, 0.1) is 34.1 Å². The molecule has 0 atom stereocenters. The molecule has 0 aliphatic carbocycles. The number of carbonyl (C=O) groups excluding carboxylic acids is 2. The molecular formula is C53H60ClF2N3O5. The number of ether oxygens (including phenoxy) is 3. The molecule has 0 bridgehead atoms. The van der Waals surface area contributed by atoms with Gasteiger partial charge in [-0.1, -0.05) is 127 Å². The van der Waals surface area contributed by atoms with Crippen molar-refractivity contribution < 1.29 is 32.6 Å². The Hall–Kier alpha value is -5.74. The zero-order chi connectivity index (χ0) is 45.4. The van der Waals surface area contributed by atoms with Gasteiger partial charge in [0, 0.05) is 6.21 Å². The average molecular weight is 893 g/mol. The summed E-state index contributed by atoms with van der Waals surface area (Å²) in [4.78, 5) is 30.3. The fraction of sp³-hybridized carbons (Fsp3) is 0.377. The Morgan fingerprint density at radius 2 is 1.17 bits per heavy atom. The second kappa shape index (κ2) is 27.4. The monoisotopic (exact) mass is 891 g/mol. The van der Waals surface area contributed by atoms with Crippen molar-refractivity contribution in [2.45, 2.75) is 123 Å². The third-order valence-electron chi connectivity index (χ3n) is 10.7. The summed E-state index contributed by atoms with van der Waals surface area (Å²) in [5.74, 6) is -3.78. The van der Waals surface area contributed by atoms with Crippen molar-refractivity contribution in [2.24, 2.45) is 15.2 Å². The third kappa shape index (κ3) is 16.8. The van der Waals surface area contributed by atoms with Gasteiger partial charge in [-0.3, -0.25) is 4.99 Å². The maximum atomic E-state index is 15.1. The molecular weight excluding hydrogens is 832 g/mol. The summed E-state index contributed by atoms with van der Waals surface area (Å²) >= 11 is 6.30. The van der Waals surface area contributed by atoms with Gasteiger partial charge in [0.2, 0.25) is 5.82 Å². The third-order valence-corrected chi connectivity index (χ3v) is 11.1. The summed E-state index contributed by atoms with van der Waals surface area (Å²) < 4.78 is 46.8. The quantitative estimate of drug-likeness (QED) is 0.0172. The van der Waals surface area contributed by atoms with Crippen molar-refractivity contribution in [1.29, 1.82) is 0 Å². The van der Waals surface area contributed by atoms with Crippen LogP contribution >= 0.6 is 11.6 Å². The number of hydrogen-bond acceptors (Lipinski definition) is 8. The summed E-state index contributed by atoms with van der Waals surface area (Å²) in [5, 5.41) is 8.01. The normalized spacial score (nSPS) is 11.4. The van der Waals surface area contributed by atoms with Crippen LogP contribution in [0.25, 0.3) is 0 Å². The largest absolute Gasteiger partial charge is 0.494 e. The number of carbonyl (C=O) groups is 2. The van der Waals surface area contributed by atoms with E-state index in [2.05, 4.69) is 29.1 Å². The summed E-state index contributed by atoms with van der Waals surface area (Å²) in [6.07, 6.45) is 22.5. The van der Waals surface area contributed by atoms with Crippen LogP contribution in [0.4, 0.5) is 25.8 Å². The number of unbranched alkanes of at least 4 members (excludes halogenated alkanes) is 14. The van der Waals surface area contributed by atoms with Crippen LogP contribution < -0.4 is 14.2 Å². The molecule has 0 heterocycles. The van der Waals surface area contributed by atoms with Crippen molar-refractivity contribution >= 4 is 46.8 Å². The maximum absolute atomic E-state index is 15.1. The van der Waals surface area contributed by atoms with E-state index in [1.54, 1.807) is 72.9 Å². The number of nitrogens with zero attached hydrogens (tertiary/aromatic N) is 3. The molecule has 0 saturated heterocycles. The molecule has 0 N–H and O–H groups in total. The van der Waals surface area contributed by atoms with Crippen molar-refractivity contribution in [3.63, 3.8) is 0 Å². The number of rotatable bonds is 27. The van der Waals surface area contributed by atoms with Crippen LogP contribution in [0.15, 0.2) is 118 Å². The van der Waals surface area contributed by atoms with Crippen molar-refractivity contribution in [2.75, 3.05) is 6.61 Å². The van der Waals surface area contributed by atoms with Crippen LogP contribution in [0.2, 0.25) is 5.02 Å². The smallest absolute Gasteiger partial charge is 0.345 e. The lowest BCUT2D eigenvalue weighted by molar-refractivity contribution is 0.0720. The molecule has 0 saturated carbocycles. The lowest BCUT2D eigenvalue weighted by Gasteiger charge is -2.09. The van der Waals surface area contributed by atoms with E-state index in [0.29, 0.717) is 40.6 Å². The maximum Gasteiger partial charge on any atom is 0.345 e. The molecule has 0 spiro atoms. The zero-order valence-electron chi connectivity index (χ0n) is 37.1. The predicted molar refractivity (Wildman–Crippen MR) is 253 cm³/mol. The summed E-state index contributed by atoms with van der Waals surface area (Å²) in [5.41, 5.74) is 2.66. The second-order valence-corrected chi connectivity index (χ2v) is 16.3. The van der Waals surface area contributed by atoms with E-state index in [-0.39, 0.29) is 16.3 Å². The number of halogens is 3. The highest BCUT2D eigenvalue weighted by Crippen LogP contribution is 2.31. The Morgan fingerprint density at radius 3 is 1.83 bits per heavy atom. The van der Waals surface area contributed by atoms with Crippen LogP contribution in [0, 0.1) is 11.6 Å². The van der Waals surface area contributed by atoms with E-state index in [1.165, 1.54) is 107 Å². The number of hydrogen-bond donors (Lipinski definition) is 0. The van der Waals surface area contributed by atoms with Crippen LogP contribution in [0.1, 0.15) is 148 Å². The first kappa shape index (κ1) is 49.3. The van der Waals surface area contributed by atoms with Crippen LogP contribution in [-0.4, -0.2) is 24.8 Å². The average Bonchev–Trinajstić information content (AvgIpc) is 3.31. The minimum Gasteiger partial charge on any atom is -0.494 e. The summed E-state index contributed by atoms with van der Waals surface area (Å²) in [6, 6.07) is 27.8. The first-order chi connectivity index (χ1) is 31.2. The molecule has 5 aromatic carbocycles. The fourth-order valence-electron chi connectivity index (χ4n) is 6.94. The van der Waals surface area contributed by atoms with Gasteiger partial charge in [0.25, 0.3) is 0 Å². The molecule has 0 fully saturated rings. The van der Waals surface area contributed by atoms with Crippen molar-refractivity contribution in [1.82, 2.24) is 0 Å². The van der Waals surface area contributed by atoms with Gasteiger partial charge in [0.1, 0.15) is 17.2 Å². The second-order valence-electron chi connectivity index (χ2n) is 15.9. The van der Waals surface area contributed by atoms with Gasteiger partial charge in [-0.05, 0) is 121 Å². The van der Waals surface area contributed by atoms with E-state index in [0.717, 1.165) is 31.7 Å². The van der Waals surface area contributed by atoms with Crippen molar-refractivity contribution in [3.8, 4) is 17.2 Å². The molecule has 0 unspecified atom stereocenters. The lowest BCUT2D eigenvalue weighted by Crippen LogP contribution is -2.10. The number of esters is 2. The highest BCUT2D eigenvalue weighted by molar-refractivity contribution is 6.33. The molecule has 5 rings (SSSR count). The Morgan fingerprint density at radius 1 is 0.578 bits per heavy atom. The highest BCUT2D eigenvalue weighted by atomic mass is 35.5. The first-order valence-electron chi connectivity index (χ1n) is 22.8. The molecule has 0 radical (unpaired) electrons. The summed E-state index contributed by atoms with van der Waals surface area (Å²) in [7, 11) is 0. The Bertz CT molecular complexity index is 2260. The van der Waals surface area contributed by atoms with Crippen LogP contribution in [0.5, 0.6) is 17.2 Å². The van der Waals surface area contributed by atoms with Gasteiger partial charge in [-0.25, -0.2) is 14.0 Å². The van der Waals surface area contributed by atoms with Gasteiger partial charge < -0.3 is 14.2 Å². The minimum atomic E-state index is -1.39. The van der Waals surface area contributed by atoms with E-state index in [4.69, 9.17) is 25.8 Å². The van der Waals surface area contributed by atoms with Gasteiger partial charge >= 0.3 is 11.9 Å². The molecule has 0 aliphatic heterocycles. The van der Waals surface area contributed by atoms with Gasteiger partial charge in [-0.2, -0.15) is 9.50 Å². The highest BCUT2D eigenvalue weighted by Gasteiger charge is 2.20. The predicted octanol–water partition coefficient (Wildman–Crippen LogP) is 16.4. The zero-order valence-corrected chi connectivity index (χ0v) is 37.9. The van der Waals surface area contributed by atoms with E-state index in [9.17, 15) is 9.59 Å². The SMILES string of the molecule is CCCCCCCCCCCCc1ccc(N=Nc2ccc(OC(=O)c3cc(N=Cc4ccc(OC(=O)c5ccc(OCCCCCCCC)cc5)cc4)ccc3Cl)c(F)c2F)cc1. The number of benzene rings is 5. The molecule has 11 heteroatoms. The van der Waals surface area contributed by atoms with E-state index in [1.807, 2.05) is 12.1 Å². The van der Waals surface area contributed by atoms with Crippen LogP contribution in [0.3, 0.4) is 0 Å². The Kier molecular flexibility index (Phi) is 21.1. The molecule has 8 nitrogen and oxygen atoms in total. The number of aryl methyl sites for hydroxylation is 1. The fourth-order valence-corrected chi connectivity index (χ4v) is 7.13. The summed E-state index contributed by atoms with van der Waals surface area (Å²) in [6.45, 7) is 5.08. The van der Waals surface area contributed by atoms with E-state index < -0.39 is 29.3 Å². The first-order valence-corrected chi connectivity index (χ1v) is 23.2. The number of aliphatic imine (C=N–C) groups is 1. The van der Waals surface area contributed by atoms with Gasteiger partial charge in [-0.15, -0.1) is 5.11 Å². The van der Waals surface area contributed by atoms with Crippen LogP contribution in [-0.2, 0) is 6.42 Å². The molecule has 0 aliphatic rings. The Balaban J connectivity index is 1.07. The molecule has 0 amide bonds. The molecule has 5 aromatic rings. The molecule has 0 aromatic heterocycles.